The van der Waals surface area contributed by atoms with Crippen molar-refractivity contribution in [3.63, 3.8) is 0 Å². The minimum atomic E-state index is -0.568. The Labute approximate surface area is 161 Å². The summed E-state index contributed by atoms with van der Waals surface area (Å²) in [5.74, 6) is -0.934. The number of rotatable bonds is 2. The van der Waals surface area contributed by atoms with Crippen LogP contribution >= 0.6 is 11.6 Å². The van der Waals surface area contributed by atoms with Gasteiger partial charge in [0, 0.05) is 42.7 Å². The predicted molar refractivity (Wildman–Crippen MR) is 99.4 cm³/mol. The monoisotopic (exact) mass is 389 g/mol. The van der Waals surface area contributed by atoms with Gasteiger partial charge in [0.05, 0.1) is 18.9 Å². The van der Waals surface area contributed by atoms with Gasteiger partial charge in [0.25, 0.3) is 5.91 Å². The van der Waals surface area contributed by atoms with Gasteiger partial charge in [-0.2, -0.15) is 5.10 Å². The molecule has 3 heterocycles. The summed E-state index contributed by atoms with van der Waals surface area (Å²) in [6, 6.07) is 8.50. The first-order valence-electron chi connectivity index (χ1n) is 8.92. The van der Waals surface area contributed by atoms with E-state index >= 15 is 0 Å². The van der Waals surface area contributed by atoms with Crippen LogP contribution in [0.1, 0.15) is 29.0 Å². The number of aromatic nitrogens is 2. The lowest BCUT2D eigenvalue weighted by molar-refractivity contribution is -0.181. The lowest BCUT2D eigenvalue weighted by atomic mass is 10.0. The van der Waals surface area contributed by atoms with Crippen molar-refractivity contribution in [1.29, 1.82) is 0 Å². The molecular formula is C19H20ClN3O4. The average molecular weight is 390 g/mol. The molecule has 0 atom stereocenters. The van der Waals surface area contributed by atoms with Crippen LogP contribution in [0.5, 0.6) is 0 Å². The Balaban J connectivity index is 1.59. The van der Waals surface area contributed by atoms with Crippen molar-refractivity contribution < 1.29 is 14.3 Å². The minimum absolute atomic E-state index is 0.0836. The number of halogens is 1. The van der Waals surface area contributed by atoms with E-state index in [-0.39, 0.29) is 17.0 Å². The van der Waals surface area contributed by atoms with Crippen molar-refractivity contribution in [2.24, 2.45) is 0 Å². The van der Waals surface area contributed by atoms with E-state index in [1.54, 1.807) is 40.8 Å². The van der Waals surface area contributed by atoms with Crippen LogP contribution in [0.25, 0.3) is 5.69 Å². The summed E-state index contributed by atoms with van der Waals surface area (Å²) < 4.78 is 13.0. The summed E-state index contributed by atoms with van der Waals surface area (Å²) in [7, 11) is 0. The molecule has 1 spiro atoms. The fourth-order valence-electron chi connectivity index (χ4n) is 3.53. The zero-order chi connectivity index (χ0) is 19.0. The zero-order valence-electron chi connectivity index (χ0n) is 15.0. The third-order valence-electron chi connectivity index (χ3n) is 5.01. The highest BCUT2D eigenvalue weighted by molar-refractivity contribution is 6.30. The molecule has 7 nitrogen and oxygen atoms in total. The number of nitrogens with zero attached hydrogens (tertiary/aromatic N) is 3. The molecule has 2 aliphatic heterocycles. The van der Waals surface area contributed by atoms with Gasteiger partial charge >= 0.3 is 0 Å². The van der Waals surface area contributed by atoms with Crippen molar-refractivity contribution in [1.82, 2.24) is 14.7 Å². The van der Waals surface area contributed by atoms with Crippen LogP contribution in [0.2, 0.25) is 5.02 Å². The number of hydrogen-bond donors (Lipinski definition) is 0. The third kappa shape index (κ3) is 3.50. The molecule has 0 aliphatic carbocycles. The molecule has 2 aliphatic rings. The SMILES string of the molecule is Cc1cc(=O)c(C(=O)N2CCC3(CC2)OCCO3)nn1-c1ccc(Cl)cc1. The Hall–Kier alpha value is -2.22. The van der Waals surface area contributed by atoms with E-state index in [4.69, 9.17) is 21.1 Å². The molecule has 27 heavy (non-hydrogen) atoms. The molecule has 0 N–H and O–H groups in total. The van der Waals surface area contributed by atoms with Crippen LogP contribution in [0, 0.1) is 6.92 Å². The molecular weight excluding hydrogens is 370 g/mol. The number of hydrogen-bond acceptors (Lipinski definition) is 5. The number of amides is 1. The van der Waals surface area contributed by atoms with E-state index in [1.165, 1.54) is 6.07 Å². The van der Waals surface area contributed by atoms with Crippen molar-refractivity contribution in [3.8, 4) is 5.69 Å². The number of carbonyl (C=O) groups excluding carboxylic acids is 1. The molecule has 1 aromatic carbocycles. The molecule has 0 unspecified atom stereocenters. The summed E-state index contributed by atoms with van der Waals surface area (Å²) in [5, 5.41) is 4.95. The molecule has 142 valence electrons. The first kappa shape index (κ1) is 18.2. The van der Waals surface area contributed by atoms with E-state index in [0.29, 0.717) is 49.9 Å². The second-order valence-corrected chi connectivity index (χ2v) is 7.22. The molecule has 0 saturated carbocycles. The smallest absolute Gasteiger partial charge is 0.278 e. The fraction of sp³-hybridized carbons (Fsp3) is 0.421. The number of carbonyl (C=O) groups is 1. The number of piperidine rings is 1. The van der Waals surface area contributed by atoms with Gasteiger partial charge in [-0.1, -0.05) is 11.6 Å². The number of ether oxygens (including phenoxy) is 2. The average Bonchev–Trinajstić information content (AvgIpc) is 3.11. The molecule has 1 aromatic heterocycles. The Morgan fingerprint density at radius 1 is 1.15 bits per heavy atom. The van der Waals surface area contributed by atoms with Crippen molar-refractivity contribution in [2.75, 3.05) is 26.3 Å². The highest BCUT2D eigenvalue weighted by atomic mass is 35.5. The number of benzene rings is 1. The zero-order valence-corrected chi connectivity index (χ0v) is 15.7. The maximum atomic E-state index is 12.9. The van der Waals surface area contributed by atoms with Crippen molar-refractivity contribution in [2.45, 2.75) is 25.6 Å². The molecule has 2 aromatic rings. The Bertz CT molecular complexity index is 910. The molecule has 2 fully saturated rings. The van der Waals surface area contributed by atoms with Gasteiger partial charge < -0.3 is 14.4 Å². The van der Waals surface area contributed by atoms with Gasteiger partial charge in [0.15, 0.2) is 11.5 Å². The molecule has 0 bridgehead atoms. The fourth-order valence-corrected chi connectivity index (χ4v) is 3.65. The van der Waals surface area contributed by atoms with Crippen LogP contribution in [0.15, 0.2) is 35.1 Å². The summed E-state index contributed by atoms with van der Waals surface area (Å²) in [5.41, 5.74) is 0.914. The van der Waals surface area contributed by atoms with E-state index in [0.717, 1.165) is 5.69 Å². The summed E-state index contributed by atoms with van der Waals surface area (Å²) in [6.45, 7) is 3.87. The number of aryl methyl sites for hydroxylation is 1. The van der Waals surface area contributed by atoms with Gasteiger partial charge in [-0.15, -0.1) is 0 Å². The van der Waals surface area contributed by atoms with Crippen LogP contribution in [0.4, 0.5) is 0 Å². The Morgan fingerprint density at radius 2 is 1.78 bits per heavy atom. The normalized spacial score (nSPS) is 18.8. The Morgan fingerprint density at radius 3 is 2.41 bits per heavy atom. The molecule has 1 amide bonds. The lowest BCUT2D eigenvalue weighted by Crippen LogP contribution is -2.48. The number of likely N-dealkylation sites (tertiary alicyclic amines) is 1. The molecule has 8 heteroatoms. The first-order valence-corrected chi connectivity index (χ1v) is 9.29. The van der Waals surface area contributed by atoms with Crippen molar-refractivity contribution >= 4 is 17.5 Å². The largest absolute Gasteiger partial charge is 0.347 e. The highest BCUT2D eigenvalue weighted by Crippen LogP contribution is 2.31. The van der Waals surface area contributed by atoms with Crippen LogP contribution in [-0.2, 0) is 9.47 Å². The highest BCUT2D eigenvalue weighted by Gasteiger charge is 2.41. The maximum Gasteiger partial charge on any atom is 0.278 e. The van der Waals surface area contributed by atoms with Crippen molar-refractivity contribution in [3.05, 3.63) is 57.0 Å². The lowest BCUT2D eigenvalue weighted by Gasteiger charge is -2.37. The summed E-state index contributed by atoms with van der Waals surface area (Å²) in [6.07, 6.45) is 1.19. The van der Waals surface area contributed by atoms with Gasteiger partial charge in [0.2, 0.25) is 5.43 Å². The second kappa shape index (κ2) is 7.07. The third-order valence-corrected chi connectivity index (χ3v) is 5.26. The van der Waals surface area contributed by atoms with E-state index < -0.39 is 5.79 Å². The van der Waals surface area contributed by atoms with Gasteiger partial charge in [-0.25, -0.2) is 4.68 Å². The predicted octanol–water partition coefficient (Wildman–Crippen LogP) is 2.17. The standard InChI is InChI=1S/C19H20ClN3O4/c1-13-12-16(24)17(21-23(13)15-4-2-14(20)3-5-15)18(25)22-8-6-19(7-9-22)26-10-11-27-19/h2-5,12H,6-11H2,1H3. The maximum absolute atomic E-state index is 12.9. The molecule has 0 radical (unpaired) electrons. The summed E-state index contributed by atoms with van der Waals surface area (Å²) >= 11 is 5.94. The van der Waals surface area contributed by atoms with E-state index in [2.05, 4.69) is 5.10 Å². The van der Waals surface area contributed by atoms with Crippen LogP contribution in [-0.4, -0.2) is 52.7 Å². The van der Waals surface area contributed by atoms with E-state index in [1.807, 2.05) is 0 Å². The molecule has 2 saturated heterocycles. The minimum Gasteiger partial charge on any atom is -0.347 e. The van der Waals surface area contributed by atoms with Crippen LogP contribution in [0.3, 0.4) is 0 Å². The quantitative estimate of drug-likeness (QED) is 0.787. The topological polar surface area (TPSA) is 73.7 Å². The van der Waals surface area contributed by atoms with Gasteiger partial charge in [0.1, 0.15) is 0 Å². The van der Waals surface area contributed by atoms with E-state index in [9.17, 15) is 9.59 Å². The first-order chi connectivity index (χ1) is 13.0. The summed E-state index contributed by atoms with van der Waals surface area (Å²) in [4.78, 5) is 27.0. The Kier molecular flexibility index (Phi) is 4.75. The van der Waals surface area contributed by atoms with Crippen LogP contribution < -0.4 is 5.43 Å². The molecule has 4 rings (SSSR count). The van der Waals surface area contributed by atoms with Gasteiger partial charge in [-0.3, -0.25) is 9.59 Å². The second-order valence-electron chi connectivity index (χ2n) is 6.79. The van der Waals surface area contributed by atoms with Gasteiger partial charge in [-0.05, 0) is 31.2 Å².